The van der Waals surface area contributed by atoms with Gasteiger partial charge in [-0.1, -0.05) is 21.6 Å². The van der Waals surface area contributed by atoms with Crippen molar-refractivity contribution in [3.8, 4) is 0 Å². The summed E-state index contributed by atoms with van der Waals surface area (Å²) in [7, 11) is 2.95. The first kappa shape index (κ1) is 11.3. The van der Waals surface area contributed by atoms with Crippen molar-refractivity contribution < 1.29 is 9.59 Å². The number of hydrogen-bond acceptors (Lipinski definition) is 4. The summed E-state index contributed by atoms with van der Waals surface area (Å²) in [6.07, 6.45) is 2.57. The number of carbonyl (C=O) groups is 2. The second-order valence-electron chi connectivity index (χ2n) is 1.69. The maximum Gasteiger partial charge on any atom is 0.122 e. The van der Waals surface area contributed by atoms with Gasteiger partial charge in [0.15, 0.2) is 0 Å². The fourth-order valence-corrected chi connectivity index (χ4v) is 2.72. The van der Waals surface area contributed by atoms with Gasteiger partial charge in [0.2, 0.25) is 0 Å². The molecule has 0 aliphatic rings. The average molecular weight is 213 g/mol. The molecule has 0 N–H and O–H groups in total. The third-order valence-electron chi connectivity index (χ3n) is 0.773. The van der Waals surface area contributed by atoms with Crippen molar-refractivity contribution in [2.24, 2.45) is 0 Å². The topological polar surface area (TPSA) is 34.1 Å². The van der Waals surface area contributed by atoms with Crippen LogP contribution in [0.3, 0.4) is 0 Å². The van der Waals surface area contributed by atoms with Crippen LogP contribution in [0.5, 0.6) is 0 Å². The Hall–Kier alpha value is 0.330. The molecule has 5 heteroatoms. The number of hydrogen-bond donors (Lipinski definition) is 0. The van der Waals surface area contributed by atoms with Crippen LogP contribution >= 0.6 is 33.2 Å². The van der Waals surface area contributed by atoms with E-state index in [1.54, 1.807) is 0 Å². The molecule has 0 heterocycles. The Bertz CT molecular complexity index is 121. The van der Waals surface area contributed by atoms with Gasteiger partial charge in [0.1, 0.15) is 12.6 Å². The molecule has 0 aromatic heterocycles. The summed E-state index contributed by atoms with van der Waals surface area (Å²) in [5.74, 6) is 0.760. The Morgan fingerprint density at radius 3 is 2.64 bits per heavy atom. The summed E-state index contributed by atoms with van der Waals surface area (Å²) in [5, 5.41) is 0. The van der Waals surface area contributed by atoms with Gasteiger partial charge in [-0.05, 0) is 0 Å². The fraction of sp³-hybridized carbons (Fsp3) is 0.667. The first-order valence-electron chi connectivity index (χ1n) is 3.11. The average Bonchev–Trinajstić information content (AvgIpc) is 1.99. The monoisotopic (exact) mass is 212 g/mol. The summed E-state index contributed by atoms with van der Waals surface area (Å²) in [6, 6.07) is 0. The zero-order valence-corrected chi connectivity index (χ0v) is 8.25. The lowest BCUT2D eigenvalue weighted by molar-refractivity contribution is -0.108. The van der Waals surface area contributed by atoms with Crippen LogP contribution in [0.15, 0.2) is 0 Å². The van der Waals surface area contributed by atoms with Gasteiger partial charge < -0.3 is 9.59 Å². The number of halogens is 1. The van der Waals surface area contributed by atoms with Crippen LogP contribution in [-0.4, -0.2) is 23.0 Å². The van der Waals surface area contributed by atoms with Crippen molar-refractivity contribution in [2.45, 2.75) is 17.6 Å². The molecular weight excluding hydrogens is 204 g/mol. The minimum Gasteiger partial charge on any atom is -0.303 e. The molecule has 11 heavy (non-hydrogen) atoms. The Labute approximate surface area is 78.8 Å². The third-order valence-corrected chi connectivity index (χ3v) is 4.08. The predicted molar refractivity (Wildman–Crippen MR) is 51.1 cm³/mol. The second kappa shape index (κ2) is 8.43. The van der Waals surface area contributed by atoms with E-state index in [1.807, 2.05) is 0 Å². The lowest BCUT2D eigenvalue weighted by atomic mass is 10.6. The molecule has 0 aromatic rings. The van der Waals surface area contributed by atoms with E-state index in [0.29, 0.717) is 12.8 Å². The van der Waals surface area contributed by atoms with Gasteiger partial charge in [0.25, 0.3) is 0 Å². The molecule has 0 saturated carbocycles. The molecule has 1 atom stereocenters. The minimum atomic E-state index is -0.163. The summed E-state index contributed by atoms with van der Waals surface area (Å²) >= 11 is 5.68. The summed E-state index contributed by atoms with van der Waals surface area (Å²) in [4.78, 5) is 19.8. The van der Waals surface area contributed by atoms with E-state index in [-0.39, 0.29) is 4.71 Å². The summed E-state index contributed by atoms with van der Waals surface area (Å²) in [5.41, 5.74) is 0. The third kappa shape index (κ3) is 8.23. The SMILES string of the molecule is O=CCCSSC(Cl)CC=O. The Morgan fingerprint density at radius 1 is 1.36 bits per heavy atom. The van der Waals surface area contributed by atoms with E-state index in [4.69, 9.17) is 11.6 Å². The highest BCUT2D eigenvalue weighted by Crippen LogP contribution is 2.30. The number of aldehydes is 2. The first-order chi connectivity index (χ1) is 5.31. The van der Waals surface area contributed by atoms with E-state index in [1.165, 1.54) is 21.6 Å². The summed E-state index contributed by atoms with van der Waals surface area (Å²) in [6.45, 7) is 0. The molecule has 1 unspecified atom stereocenters. The van der Waals surface area contributed by atoms with Crippen molar-refractivity contribution in [1.82, 2.24) is 0 Å². The molecular formula is C6H9ClO2S2. The Balaban J connectivity index is 3.09. The zero-order chi connectivity index (χ0) is 8.53. The Kier molecular flexibility index (Phi) is 8.68. The van der Waals surface area contributed by atoms with Crippen molar-refractivity contribution in [3.63, 3.8) is 0 Å². The van der Waals surface area contributed by atoms with Crippen LogP contribution in [0.2, 0.25) is 0 Å². The Morgan fingerprint density at radius 2 is 2.09 bits per heavy atom. The molecule has 0 aliphatic heterocycles. The molecule has 0 radical (unpaired) electrons. The first-order valence-corrected chi connectivity index (χ1v) is 5.92. The van der Waals surface area contributed by atoms with Crippen LogP contribution in [-0.2, 0) is 9.59 Å². The van der Waals surface area contributed by atoms with Crippen molar-refractivity contribution in [2.75, 3.05) is 5.75 Å². The van der Waals surface area contributed by atoms with Crippen LogP contribution in [0.25, 0.3) is 0 Å². The molecule has 0 fully saturated rings. The number of rotatable bonds is 7. The molecule has 0 spiro atoms. The van der Waals surface area contributed by atoms with Crippen LogP contribution in [0, 0.1) is 0 Å². The van der Waals surface area contributed by atoms with Gasteiger partial charge in [0.05, 0.1) is 4.71 Å². The van der Waals surface area contributed by atoms with E-state index in [9.17, 15) is 9.59 Å². The molecule has 0 amide bonds. The van der Waals surface area contributed by atoms with E-state index in [2.05, 4.69) is 0 Å². The van der Waals surface area contributed by atoms with Gasteiger partial charge in [0, 0.05) is 18.6 Å². The lowest BCUT2D eigenvalue weighted by Crippen LogP contribution is -1.90. The molecule has 0 saturated heterocycles. The standard InChI is InChI=1S/C6H9ClO2S2/c7-6(2-4-9)11-10-5-1-3-8/h3-4,6H,1-2,5H2. The predicted octanol–water partition coefficient (Wildman–Crippen LogP) is 2.11. The van der Waals surface area contributed by atoms with Crippen LogP contribution < -0.4 is 0 Å². The quantitative estimate of drug-likeness (QED) is 0.280. The van der Waals surface area contributed by atoms with Gasteiger partial charge in [-0.15, -0.1) is 11.6 Å². The van der Waals surface area contributed by atoms with Crippen molar-refractivity contribution in [3.05, 3.63) is 0 Å². The number of carbonyl (C=O) groups excluding carboxylic acids is 2. The molecule has 0 aromatic carbocycles. The highest BCUT2D eigenvalue weighted by atomic mass is 35.5. The van der Waals surface area contributed by atoms with Gasteiger partial charge in [-0.3, -0.25) is 0 Å². The summed E-state index contributed by atoms with van der Waals surface area (Å²) < 4.78 is -0.163. The molecule has 0 rings (SSSR count). The largest absolute Gasteiger partial charge is 0.303 e. The van der Waals surface area contributed by atoms with Crippen LogP contribution in [0.1, 0.15) is 12.8 Å². The molecule has 2 nitrogen and oxygen atoms in total. The van der Waals surface area contributed by atoms with E-state index in [0.717, 1.165) is 18.3 Å². The smallest absolute Gasteiger partial charge is 0.122 e. The maximum atomic E-state index is 9.94. The second-order valence-corrected chi connectivity index (χ2v) is 5.16. The number of alkyl halides is 1. The van der Waals surface area contributed by atoms with E-state index < -0.39 is 0 Å². The lowest BCUT2D eigenvalue weighted by Gasteiger charge is -2.01. The van der Waals surface area contributed by atoms with Crippen molar-refractivity contribution in [1.29, 1.82) is 0 Å². The molecule has 0 bridgehead atoms. The van der Waals surface area contributed by atoms with Gasteiger partial charge >= 0.3 is 0 Å². The normalized spacial score (nSPS) is 12.5. The highest BCUT2D eigenvalue weighted by molar-refractivity contribution is 8.77. The van der Waals surface area contributed by atoms with Crippen LogP contribution in [0.4, 0.5) is 0 Å². The molecule has 64 valence electrons. The fourth-order valence-electron chi connectivity index (χ4n) is 0.333. The van der Waals surface area contributed by atoms with Gasteiger partial charge in [-0.2, -0.15) is 0 Å². The van der Waals surface area contributed by atoms with Crippen molar-refractivity contribution >= 4 is 45.8 Å². The zero-order valence-electron chi connectivity index (χ0n) is 5.86. The minimum absolute atomic E-state index is 0.163. The van der Waals surface area contributed by atoms with E-state index >= 15 is 0 Å². The molecule has 0 aliphatic carbocycles. The maximum absolute atomic E-state index is 9.94. The highest BCUT2D eigenvalue weighted by Gasteiger charge is 2.03. The van der Waals surface area contributed by atoms with Gasteiger partial charge in [-0.25, -0.2) is 0 Å².